The number of carbonyl (C=O) groups excluding carboxylic acids is 1. The lowest BCUT2D eigenvalue weighted by Gasteiger charge is -2.20. The van der Waals surface area contributed by atoms with Gasteiger partial charge in [0.1, 0.15) is 5.82 Å². The van der Waals surface area contributed by atoms with Crippen LogP contribution in [0, 0.1) is 6.92 Å². The van der Waals surface area contributed by atoms with Crippen LogP contribution in [0.5, 0.6) is 0 Å². The Morgan fingerprint density at radius 2 is 2.04 bits per heavy atom. The number of pyridine rings is 1. The highest BCUT2D eigenvalue weighted by Crippen LogP contribution is 2.17. The average molecular weight is 354 g/mol. The van der Waals surface area contributed by atoms with Gasteiger partial charge in [-0.25, -0.2) is 4.98 Å². The first kappa shape index (κ1) is 17.5. The minimum atomic E-state index is 0.149. The summed E-state index contributed by atoms with van der Waals surface area (Å²) in [6.07, 6.45) is 4.22. The van der Waals surface area contributed by atoms with Crippen molar-refractivity contribution in [1.29, 1.82) is 0 Å². The Balaban J connectivity index is 1.56. The number of H-pyrrole nitrogens is 1. The van der Waals surface area contributed by atoms with Crippen LogP contribution in [0.4, 0.5) is 0 Å². The number of thioether (sulfide) groups is 1. The molecule has 1 amide bonds. The second-order valence-electron chi connectivity index (χ2n) is 5.90. The number of rotatable bonds is 7. The molecule has 1 N–H and O–H groups in total. The zero-order chi connectivity index (χ0) is 17.6. The lowest BCUT2D eigenvalue weighted by atomic mass is 10.2. The molecule has 2 heterocycles. The molecule has 0 saturated heterocycles. The number of likely N-dealkylation sites (N-methyl/N-ethyl adjacent to an activating group) is 1. The number of benzene rings is 1. The van der Waals surface area contributed by atoms with E-state index in [9.17, 15) is 4.79 Å². The molecule has 3 aromatic rings. The summed E-state index contributed by atoms with van der Waals surface area (Å²) in [5.41, 5.74) is 3.24. The fraction of sp³-hybridized carbons (Fsp3) is 0.316. The largest absolute Gasteiger partial charge is 0.342 e. The number of fused-ring (bicyclic) bond motifs is 1. The molecule has 0 fully saturated rings. The maximum atomic E-state index is 12.4. The Labute approximate surface area is 151 Å². The first-order chi connectivity index (χ1) is 12.2. The third-order valence-corrected chi connectivity index (χ3v) is 5.05. The van der Waals surface area contributed by atoms with E-state index in [2.05, 4.69) is 34.0 Å². The van der Waals surface area contributed by atoms with E-state index < -0.39 is 0 Å². The standard InChI is InChI=1S/C19H22N4OS/c1-3-23(19(24)13-25-15-6-9-20-10-7-15)11-8-18-21-16-5-4-14(2)12-17(16)22-18/h4-7,9-10,12H,3,8,11,13H2,1-2H3,(H,21,22). The Morgan fingerprint density at radius 1 is 1.24 bits per heavy atom. The van der Waals surface area contributed by atoms with Gasteiger partial charge in [0, 0.05) is 36.8 Å². The van der Waals surface area contributed by atoms with Gasteiger partial charge in [0.05, 0.1) is 16.8 Å². The molecule has 0 unspecified atom stereocenters. The third-order valence-electron chi connectivity index (χ3n) is 4.05. The van der Waals surface area contributed by atoms with Crippen LogP contribution in [0.3, 0.4) is 0 Å². The Kier molecular flexibility index (Phi) is 5.71. The number of aryl methyl sites for hydroxylation is 1. The average Bonchev–Trinajstić information content (AvgIpc) is 3.03. The van der Waals surface area contributed by atoms with E-state index in [1.165, 1.54) is 5.56 Å². The number of imidazole rings is 1. The Bertz CT molecular complexity index is 847. The topological polar surface area (TPSA) is 61.9 Å². The number of nitrogens with one attached hydrogen (secondary N) is 1. The molecule has 0 aliphatic rings. The fourth-order valence-electron chi connectivity index (χ4n) is 2.67. The maximum absolute atomic E-state index is 12.4. The molecule has 3 rings (SSSR count). The van der Waals surface area contributed by atoms with Gasteiger partial charge < -0.3 is 9.88 Å². The molecule has 130 valence electrons. The number of hydrogen-bond acceptors (Lipinski definition) is 4. The second kappa shape index (κ2) is 8.16. The summed E-state index contributed by atoms with van der Waals surface area (Å²) in [4.78, 5) is 27.3. The zero-order valence-corrected chi connectivity index (χ0v) is 15.3. The van der Waals surface area contributed by atoms with E-state index in [-0.39, 0.29) is 5.91 Å². The van der Waals surface area contributed by atoms with E-state index in [1.807, 2.05) is 30.0 Å². The van der Waals surface area contributed by atoms with Crippen LogP contribution in [0.1, 0.15) is 18.3 Å². The molecule has 0 radical (unpaired) electrons. The molecule has 0 saturated carbocycles. The molecule has 0 aliphatic heterocycles. The molecule has 1 aromatic carbocycles. The smallest absolute Gasteiger partial charge is 0.232 e. The van der Waals surface area contributed by atoms with Crippen molar-refractivity contribution in [2.75, 3.05) is 18.8 Å². The van der Waals surface area contributed by atoms with Crippen molar-refractivity contribution < 1.29 is 4.79 Å². The van der Waals surface area contributed by atoms with Crippen molar-refractivity contribution in [3.8, 4) is 0 Å². The van der Waals surface area contributed by atoms with Gasteiger partial charge >= 0.3 is 0 Å². The molecule has 0 atom stereocenters. The fourth-order valence-corrected chi connectivity index (χ4v) is 3.45. The monoisotopic (exact) mass is 354 g/mol. The van der Waals surface area contributed by atoms with Crippen molar-refractivity contribution in [3.05, 3.63) is 54.1 Å². The van der Waals surface area contributed by atoms with Crippen LogP contribution >= 0.6 is 11.8 Å². The lowest BCUT2D eigenvalue weighted by Crippen LogP contribution is -2.34. The second-order valence-corrected chi connectivity index (χ2v) is 6.95. The maximum Gasteiger partial charge on any atom is 0.232 e. The van der Waals surface area contributed by atoms with E-state index in [4.69, 9.17) is 0 Å². The number of hydrogen-bond donors (Lipinski definition) is 1. The van der Waals surface area contributed by atoms with E-state index >= 15 is 0 Å². The Morgan fingerprint density at radius 3 is 2.80 bits per heavy atom. The highest BCUT2D eigenvalue weighted by Gasteiger charge is 2.13. The minimum absolute atomic E-state index is 0.149. The summed E-state index contributed by atoms with van der Waals surface area (Å²) < 4.78 is 0. The van der Waals surface area contributed by atoms with Gasteiger partial charge in [0.15, 0.2) is 0 Å². The molecule has 0 bridgehead atoms. The predicted octanol–water partition coefficient (Wildman–Crippen LogP) is 3.45. The zero-order valence-electron chi connectivity index (χ0n) is 14.5. The van der Waals surface area contributed by atoms with Crippen molar-refractivity contribution in [3.63, 3.8) is 0 Å². The van der Waals surface area contributed by atoms with Crippen LogP contribution in [0.2, 0.25) is 0 Å². The molecule has 0 aliphatic carbocycles. The summed E-state index contributed by atoms with van der Waals surface area (Å²) >= 11 is 1.54. The Hall–Kier alpha value is -2.34. The van der Waals surface area contributed by atoms with Gasteiger partial charge in [-0.2, -0.15) is 0 Å². The van der Waals surface area contributed by atoms with Crippen molar-refractivity contribution in [2.45, 2.75) is 25.2 Å². The van der Waals surface area contributed by atoms with Gasteiger partial charge in [0.2, 0.25) is 5.91 Å². The van der Waals surface area contributed by atoms with Crippen molar-refractivity contribution in [2.24, 2.45) is 0 Å². The van der Waals surface area contributed by atoms with Gasteiger partial charge in [-0.05, 0) is 43.7 Å². The number of carbonyl (C=O) groups is 1. The van der Waals surface area contributed by atoms with Gasteiger partial charge in [0.25, 0.3) is 0 Å². The quantitative estimate of drug-likeness (QED) is 0.660. The van der Waals surface area contributed by atoms with Crippen LogP contribution in [-0.2, 0) is 11.2 Å². The van der Waals surface area contributed by atoms with E-state index in [1.54, 1.807) is 24.2 Å². The molecule has 5 nitrogen and oxygen atoms in total. The number of nitrogens with zero attached hydrogens (tertiary/aromatic N) is 3. The van der Waals surface area contributed by atoms with Crippen molar-refractivity contribution >= 4 is 28.7 Å². The van der Waals surface area contributed by atoms with Crippen LogP contribution in [0.15, 0.2) is 47.6 Å². The van der Waals surface area contributed by atoms with Crippen molar-refractivity contribution in [1.82, 2.24) is 19.9 Å². The van der Waals surface area contributed by atoms with Crippen LogP contribution in [-0.4, -0.2) is 44.6 Å². The first-order valence-electron chi connectivity index (χ1n) is 8.41. The lowest BCUT2D eigenvalue weighted by molar-refractivity contribution is -0.128. The number of aromatic amines is 1. The molecule has 0 spiro atoms. The molecule has 2 aromatic heterocycles. The summed E-state index contributed by atoms with van der Waals surface area (Å²) in [6.45, 7) is 5.45. The summed E-state index contributed by atoms with van der Waals surface area (Å²) in [5.74, 6) is 1.52. The van der Waals surface area contributed by atoms with Crippen LogP contribution < -0.4 is 0 Å². The summed E-state index contributed by atoms with van der Waals surface area (Å²) in [7, 11) is 0. The first-order valence-corrected chi connectivity index (χ1v) is 9.40. The predicted molar refractivity (Wildman–Crippen MR) is 102 cm³/mol. The number of amides is 1. The van der Waals surface area contributed by atoms with E-state index in [0.717, 1.165) is 28.2 Å². The SMILES string of the molecule is CCN(CCc1nc2ccc(C)cc2[nH]1)C(=O)CSc1ccncc1. The highest BCUT2D eigenvalue weighted by atomic mass is 32.2. The molecule has 6 heteroatoms. The molecular weight excluding hydrogens is 332 g/mol. The third kappa shape index (κ3) is 4.60. The summed E-state index contributed by atoms with van der Waals surface area (Å²) in [6, 6.07) is 10.0. The molecular formula is C19H22N4OS. The number of aromatic nitrogens is 3. The molecule has 25 heavy (non-hydrogen) atoms. The van der Waals surface area contributed by atoms with Gasteiger partial charge in [-0.15, -0.1) is 11.8 Å². The van der Waals surface area contributed by atoms with Gasteiger partial charge in [-0.3, -0.25) is 9.78 Å². The van der Waals surface area contributed by atoms with Crippen LogP contribution in [0.25, 0.3) is 11.0 Å². The minimum Gasteiger partial charge on any atom is -0.342 e. The van der Waals surface area contributed by atoms with E-state index in [0.29, 0.717) is 18.8 Å². The highest BCUT2D eigenvalue weighted by molar-refractivity contribution is 8.00. The van der Waals surface area contributed by atoms with Gasteiger partial charge in [-0.1, -0.05) is 6.07 Å². The normalized spacial score (nSPS) is 11.0. The summed E-state index contributed by atoms with van der Waals surface area (Å²) in [5, 5.41) is 0.